The first-order valence-corrected chi connectivity index (χ1v) is 13.9. The van der Waals surface area contributed by atoms with E-state index in [1.54, 1.807) is 6.92 Å². The third kappa shape index (κ3) is 6.99. The normalized spacial score (nSPS) is 26.6. The molecule has 2 N–H and O–H groups in total. The number of hydrogen-bond acceptors (Lipinski definition) is 10. The van der Waals surface area contributed by atoms with Crippen molar-refractivity contribution < 1.29 is 43.2 Å². The van der Waals surface area contributed by atoms with Crippen molar-refractivity contribution >= 4 is 23.8 Å². The van der Waals surface area contributed by atoms with E-state index in [4.69, 9.17) is 18.9 Å². The predicted octanol–water partition coefficient (Wildman–Crippen LogP) is 3.21. The van der Waals surface area contributed by atoms with E-state index in [0.29, 0.717) is 12.8 Å². The smallest absolute Gasteiger partial charge is 0.329 e. The minimum Gasteiger partial charge on any atom is -0.503 e. The molecule has 1 aromatic rings. The molecule has 0 aromatic carbocycles. The van der Waals surface area contributed by atoms with E-state index >= 15 is 0 Å². The van der Waals surface area contributed by atoms with Gasteiger partial charge in [-0.15, -0.1) is 0 Å². The SMILES string of the molecule is COc1ccnc(C(=O)N[C@H]2CCC[C@H](OC(=O)C3CCCC3)[C@@H](OC(=O)C3CCCC3)[C@H](C)OC2=O)c1O. The standard InChI is InChI=1S/C28H38N2O9/c1-16-24(39-27(34)18-10-5-6-11-18)21(38-26(33)17-8-3-4-9-17)13-7-12-19(28(35)37-16)30-25(32)22-23(31)20(36-2)14-15-29-22/h14-19,21,24,31H,3-13H2,1-2H3,(H,30,32)/t16-,19-,21-,24-/m0/s1. The molecule has 214 valence electrons. The molecule has 0 bridgehead atoms. The Kier molecular flexibility index (Phi) is 9.63. The van der Waals surface area contributed by atoms with Crippen molar-refractivity contribution in [2.45, 2.75) is 102 Å². The average molecular weight is 547 g/mol. The van der Waals surface area contributed by atoms with Gasteiger partial charge in [-0.3, -0.25) is 14.4 Å². The van der Waals surface area contributed by atoms with Crippen LogP contribution >= 0.6 is 0 Å². The number of aromatic hydroxyl groups is 1. The Morgan fingerprint density at radius 2 is 1.56 bits per heavy atom. The summed E-state index contributed by atoms with van der Waals surface area (Å²) in [4.78, 5) is 55.8. The Labute approximate surface area is 227 Å². The van der Waals surface area contributed by atoms with Crippen molar-refractivity contribution in [2.75, 3.05) is 7.11 Å². The van der Waals surface area contributed by atoms with Crippen molar-refractivity contribution in [3.8, 4) is 11.5 Å². The third-order valence-corrected chi connectivity index (χ3v) is 7.92. The maximum atomic E-state index is 13.1. The molecule has 3 fully saturated rings. The fourth-order valence-electron chi connectivity index (χ4n) is 5.66. The van der Waals surface area contributed by atoms with Gasteiger partial charge in [0.05, 0.1) is 18.9 Å². The molecular weight excluding hydrogens is 508 g/mol. The molecule has 0 radical (unpaired) electrons. The van der Waals surface area contributed by atoms with Gasteiger partial charge >= 0.3 is 17.9 Å². The number of aromatic nitrogens is 1. The van der Waals surface area contributed by atoms with Crippen LogP contribution in [0.3, 0.4) is 0 Å². The van der Waals surface area contributed by atoms with Crippen LogP contribution in [0.15, 0.2) is 12.3 Å². The highest BCUT2D eigenvalue weighted by Gasteiger charge is 2.41. The number of carbonyl (C=O) groups is 4. The zero-order valence-corrected chi connectivity index (χ0v) is 22.6. The lowest BCUT2D eigenvalue weighted by Gasteiger charge is -2.31. The van der Waals surface area contributed by atoms with Gasteiger partial charge in [0.15, 0.2) is 23.3 Å². The summed E-state index contributed by atoms with van der Waals surface area (Å²) in [6, 6.07) is 0.352. The quantitative estimate of drug-likeness (QED) is 0.385. The van der Waals surface area contributed by atoms with Gasteiger partial charge in [0.2, 0.25) is 0 Å². The number of ether oxygens (including phenoxy) is 4. The van der Waals surface area contributed by atoms with Crippen LogP contribution in [-0.2, 0) is 28.6 Å². The molecule has 1 aromatic heterocycles. The number of amides is 1. The van der Waals surface area contributed by atoms with Gasteiger partial charge in [0.1, 0.15) is 18.2 Å². The highest BCUT2D eigenvalue weighted by Crippen LogP contribution is 2.32. The number of rotatable bonds is 7. The van der Waals surface area contributed by atoms with E-state index in [1.807, 2.05) is 0 Å². The van der Waals surface area contributed by atoms with Crippen LogP contribution in [0, 0.1) is 11.8 Å². The first-order valence-electron chi connectivity index (χ1n) is 13.9. The first kappa shape index (κ1) is 28.6. The molecule has 11 nitrogen and oxygen atoms in total. The second-order valence-electron chi connectivity index (χ2n) is 10.6. The summed E-state index contributed by atoms with van der Waals surface area (Å²) in [5, 5.41) is 12.9. The largest absolute Gasteiger partial charge is 0.503 e. The Hall–Kier alpha value is -3.37. The number of hydrogen-bond donors (Lipinski definition) is 2. The van der Waals surface area contributed by atoms with Crippen molar-refractivity contribution in [3.63, 3.8) is 0 Å². The average Bonchev–Trinajstić information content (AvgIpc) is 3.65. The van der Waals surface area contributed by atoms with Gasteiger partial charge in [0, 0.05) is 12.3 Å². The molecule has 2 heterocycles. The van der Waals surface area contributed by atoms with Gasteiger partial charge in [-0.2, -0.15) is 0 Å². The molecule has 2 aliphatic carbocycles. The molecule has 0 unspecified atom stereocenters. The summed E-state index contributed by atoms with van der Waals surface area (Å²) in [6.07, 6.45) is 6.37. The summed E-state index contributed by atoms with van der Waals surface area (Å²) >= 11 is 0. The molecule has 4 atom stereocenters. The van der Waals surface area contributed by atoms with Crippen LogP contribution < -0.4 is 10.1 Å². The van der Waals surface area contributed by atoms with Crippen LogP contribution in [0.5, 0.6) is 11.5 Å². The first-order chi connectivity index (χ1) is 18.8. The zero-order valence-electron chi connectivity index (χ0n) is 22.6. The van der Waals surface area contributed by atoms with E-state index in [-0.39, 0.29) is 41.6 Å². The molecule has 2 saturated carbocycles. The summed E-state index contributed by atoms with van der Waals surface area (Å²) in [6.45, 7) is 1.60. The van der Waals surface area contributed by atoms with Gasteiger partial charge in [-0.1, -0.05) is 25.7 Å². The van der Waals surface area contributed by atoms with Crippen LogP contribution in [0.2, 0.25) is 0 Å². The van der Waals surface area contributed by atoms with E-state index in [9.17, 15) is 24.3 Å². The number of carbonyl (C=O) groups excluding carboxylic acids is 4. The number of esters is 3. The van der Waals surface area contributed by atoms with Gasteiger partial charge in [-0.25, -0.2) is 9.78 Å². The zero-order chi connectivity index (χ0) is 27.9. The third-order valence-electron chi connectivity index (χ3n) is 7.92. The van der Waals surface area contributed by atoms with Crippen molar-refractivity contribution in [2.24, 2.45) is 11.8 Å². The number of nitrogens with one attached hydrogen (secondary N) is 1. The number of cyclic esters (lactones) is 1. The Balaban J connectivity index is 1.50. The van der Waals surface area contributed by atoms with E-state index in [2.05, 4.69) is 10.3 Å². The summed E-state index contributed by atoms with van der Waals surface area (Å²) < 4.78 is 22.5. The topological polar surface area (TPSA) is 150 Å². The van der Waals surface area contributed by atoms with Crippen molar-refractivity contribution in [1.29, 1.82) is 0 Å². The highest BCUT2D eigenvalue weighted by molar-refractivity contribution is 5.98. The molecule has 4 rings (SSSR count). The lowest BCUT2D eigenvalue weighted by Crippen LogP contribution is -2.47. The van der Waals surface area contributed by atoms with Crippen molar-refractivity contribution in [3.05, 3.63) is 18.0 Å². The summed E-state index contributed by atoms with van der Waals surface area (Å²) in [7, 11) is 1.35. The van der Waals surface area contributed by atoms with Gasteiger partial charge in [-0.05, 0) is 51.9 Å². The molecule has 11 heteroatoms. The number of methoxy groups -OCH3 is 1. The minimum atomic E-state index is -1.05. The molecule has 39 heavy (non-hydrogen) atoms. The van der Waals surface area contributed by atoms with Crippen LogP contribution in [0.25, 0.3) is 0 Å². The molecular formula is C28H38N2O9. The van der Waals surface area contributed by atoms with Crippen LogP contribution in [0.4, 0.5) is 0 Å². The fourth-order valence-corrected chi connectivity index (χ4v) is 5.66. The highest BCUT2D eigenvalue weighted by atomic mass is 16.6. The minimum absolute atomic E-state index is 0.0691. The summed E-state index contributed by atoms with van der Waals surface area (Å²) in [5.74, 6) is -2.96. The lowest BCUT2D eigenvalue weighted by molar-refractivity contribution is -0.188. The second kappa shape index (κ2) is 13.1. The lowest BCUT2D eigenvalue weighted by atomic mass is 10.0. The molecule has 1 aliphatic heterocycles. The molecule has 3 aliphatic rings. The molecule has 1 amide bonds. The summed E-state index contributed by atoms with van der Waals surface area (Å²) in [5.41, 5.74) is -0.290. The number of nitrogens with zero attached hydrogens (tertiary/aromatic N) is 1. The van der Waals surface area contributed by atoms with E-state index in [1.165, 1.54) is 19.4 Å². The van der Waals surface area contributed by atoms with Crippen molar-refractivity contribution in [1.82, 2.24) is 10.3 Å². The Morgan fingerprint density at radius 1 is 0.949 bits per heavy atom. The Bertz CT molecular complexity index is 1050. The van der Waals surface area contributed by atoms with Gasteiger partial charge in [0.25, 0.3) is 5.91 Å². The molecule has 0 spiro atoms. The monoisotopic (exact) mass is 546 g/mol. The van der Waals surface area contributed by atoms with E-state index < -0.39 is 42.0 Å². The van der Waals surface area contributed by atoms with Gasteiger partial charge < -0.3 is 29.4 Å². The molecule has 1 saturated heterocycles. The van der Waals surface area contributed by atoms with Crippen LogP contribution in [-0.4, -0.2) is 65.4 Å². The fraction of sp³-hybridized carbons (Fsp3) is 0.679. The maximum Gasteiger partial charge on any atom is 0.329 e. The Morgan fingerprint density at radius 3 is 2.18 bits per heavy atom. The van der Waals surface area contributed by atoms with E-state index in [0.717, 1.165) is 51.4 Å². The second-order valence-corrected chi connectivity index (χ2v) is 10.6. The predicted molar refractivity (Wildman–Crippen MR) is 137 cm³/mol. The van der Waals surface area contributed by atoms with Crippen LogP contribution in [0.1, 0.15) is 88.0 Å². The number of pyridine rings is 1. The maximum absolute atomic E-state index is 13.1.